The number of hydrogen-bond donors (Lipinski definition) is 0. The molecule has 0 radical (unpaired) electrons. The van der Waals surface area contributed by atoms with Crippen LogP contribution in [0.25, 0.3) is 0 Å². The van der Waals surface area contributed by atoms with Crippen LogP contribution in [-0.4, -0.2) is 12.8 Å². The Morgan fingerprint density at radius 2 is 1.79 bits per heavy atom. The van der Waals surface area contributed by atoms with Crippen LogP contribution >= 0.6 is 0 Å². The molecule has 0 aromatic rings. The fourth-order valence-corrected chi connectivity index (χ4v) is 1.07. The smallest absolute Gasteiger partial charge is 0.0438 e. The van der Waals surface area contributed by atoms with Crippen LogP contribution in [0.15, 0.2) is 23.3 Å². The van der Waals surface area contributed by atoms with Gasteiger partial charge in [-0.3, -0.25) is 0 Å². The third-order valence-corrected chi connectivity index (χ3v) is 3.34. The van der Waals surface area contributed by atoms with E-state index in [0.717, 1.165) is 6.42 Å². The van der Waals surface area contributed by atoms with Crippen molar-refractivity contribution < 1.29 is 30.3 Å². The maximum absolute atomic E-state index is 9.40. The van der Waals surface area contributed by atoms with E-state index in [4.69, 9.17) is 0 Å². The van der Waals surface area contributed by atoms with Gasteiger partial charge in [0.1, 0.15) is 0 Å². The zero-order valence-corrected chi connectivity index (χ0v) is 10.6. The molecule has 0 amide bonds. The van der Waals surface area contributed by atoms with E-state index in [9.17, 15) is 14.4 Å². The van der Waals surface area contributed by atoms with E-state index in [0.29, 0.717) is 0 Å². The van der Waals surface area contributed by atoms with Gasteiger partial charge in [-0.2, -0.15) is 5.57 Å². The first kappa shape index (κ1) is 12.8. The summed E-state index contributed by atoms with van der Waals surface area (Å²) < 4.78 is 3.90. The average molecular weight is 361 g/mol. The molecule has 0 heterocycles. The molecule has 3 nitrogen and oxygen atoms in total. The van der Waals surface area contributed by atoms with Gasteiger partial charge in [0.15, 0.2) is 0 Å². The van der Waals surface area contributed by atoms with Crippen LogP contribution in [0.4, 0.5) is 0 Å². The fraction of sp³-hybridized carbons (Fsp3) is 0.200. The molecule has 0 aromatic carbocycles. The third-order valence-electron chi connectivity index (χ3n) is 1.54. The van der Waals surface area contributed by atoms with Gasteiger partial charge in [0, 0.05) is 0 Å². The van der Waals surface area contributed by atoms with Crippen LogP contribution < -0.4 is 0 Å². The van der Waals surface area contributed by atoms with E-state index in [1.54, 1.807) is 0 Å². The van der Waals surface area contributed by atoms with Gasteiger partial charge in [0.2, 0.25) is 0 Å². The monoisotopic (exact) mass is 361 g/mol. The van der Waals surface area contributed by atoms with E-state index in [1.165, 1.54) is 23.9 Å². The van der Waals surface area contributed by atoms with Crippen LogP contribution in [-0.2, 0) is 30.3 Å². The summed E-state index contributed by atoms with van der Waals surface area (Å²) in [6.07, 6.45) is 5.31. The molecule has 0 aliphatic heterocycles. The first-order valence-electron chi connectivity index (χ1n) is 3.71. The van der Waals surface area contributed by atoms with Crippen molar-refractivity contribution in [2.45, 2.75) is 13.3 Å². The van der Waals surface area contributed by atoms with Crippen molar-refractivity contribution in [1.82, 2.24) is 0 Å². The Balaban J connectivity index is 0.000000241. The Kier molecular flexibility index (Phi) is 6.58. The molecule has 0 unspecified atom stereocenters. The second kappa shape index (κ2) is 7.21. The zero-order chi connectivity index (χ0) is 11.0. The summed E-state index contributed by atoms with van der Waals surface area (Å²) in [7, 11) is 0. The Labute approximate surface area is 86.8 Å². The number of carbonyl (C=O) groups excluding carboxylic acids is 3. The van der Waals surface area contributed by atoms with E-state index in [-0.39, 0.29) is 0 Å². The molecule has 0 bridgehead atoms. The maximum Gasteiger partial charge on any atom is -0.0438 e. The van der Waals surface area contributed by atoms with Crippen LogP contribution in [0, 0.1) is 6.92 Å². The Morgan fingerprint density at radius 3 is 1.86 bits per heavy atom. The minimum absolute atomic E-state index is 1.06. The molecule has 0 aromatic heterocycles. The van der Waals surface area contributed by atoms with Crippen molar-refractivity contribution in [2.24, 2.45) is 0 Å². The number of allylic oxidation sites excluding steroid dienone is 4. The molecule has 14 heavy (non-hydrogen) atoms. The molecule has 0 N–H and O–H groups in total. The Bertz CT molecular complexity index is 430. The molecule has 0 saturated heterocycles. The van der Waals surface area contributed by atoms with Gasteiger partial charge in [0.05, 0.1) is 0 Å². The van der Waals surface area contributed by atoms with E-state index >= 15 is 0 Å². The number of hydrogen-bond acceptors (Lipinski definition) is 3. The molecule has 74 valence electrons. The maximum atomic E-state index is 9.40. The normalized spacial score (nSPS) is 12.1. The summed E-state index contributed by atoms with van der Waals surface area (Å²) in [5.41, 5.74) is 2.60. The van der Waals surface area contributed by atoms with Gasteiger partial charge in [-0.1, -0.05) is 0 Å². The molecule has 4 heteroatoms. The third kappa shape index (κ3) is 4.72. The molecule has 1 rings (SSSR count). The van der Waals surface area contributed by atoms with Gasteiger partial charge < -0.3 is 0 Å². The molecular formula is C10H9O3W-. The molecule has 1 aliphatic carbocycles. The minimum atomic E-state index is -3.05. The SMILES string of the molecule is O=[C]=[W](=[C]=O)=[C]=O.[CH2-]C1=C(C)C=CC1. The quantitative estimate of drug-likeness (QED) is 0.603. The molecule has 1 aliphatic rings. The standard InChI is InChI=1S/C7H9.3CO.W/c1-6-4-3-5-7(6)2;3*1-2;/h3,5H,1,4H2,2H3;;;;/q-1;;;;. The predicted molar refractivity (Wildman–Crippen MR) is 48.9 cm³/mol. The predicted octanol–water partition coefficient (Wildman–Crippen LogP) is 0.903. The summed E-state index contributed by atoms with van der Waals surface area (Å²) >= 11 is -3.05. The van der Waals surface area contributed by atoms with Crippen molar-refractivity contribution >= 4 is 12.8 Å². The van der Waals surface area contributed by atoms with Crippen molar-refractivity contribution in [2.75, 3.05) is 0 Å². The van der Waals surface area contributed by atoms with Gasteiger partial charge in [0.25, 0.3) is 0 Å². The van der Waals surface area contributed by atoms with Gasteiger partial charge in [-0.15, -0.1) is 19.1 Å². The first-order valence-corrected chi connectivity index (χ1v) is 8.11. The van der Waals surface area contributed by atoms with Crippen molar-refractivity contribution in [3.05, 3.63) is 30.2 Å². The summed E-state index contributed by atoms with van der Waals surface area (Å²) in [5.74, 6) is 0. The second-order valence-corrected chi connectivity index (χ2v) is 6.45. The fourth-order valence-electron chi connectivity index (χ4n) is 0.708. The van der Waals surface area contributed by atoms with Gasteiger partial charge in [-0.05, 0) is 6.42 Å². The molecule has 0 saturated carbocycles. The van der Waals surface area contributed by atoms with E-state index in [1.807, 2.05) is 0 Å². The molecule has 0 spiro atoms. The van der Waals surface area contributed by atoms with Crippen molar-refractivity contribution in [3.63, 3.8) is 0 Å². The summed E-state index contributed by atoms with van der Waals surface area (Å²) in [4.78, 5) is 28.2. The van der Waals surface area contributed by atoms with Gasteiger partial charge >= 0.3 is 43.1 Å². The topological polar surface area (TPSA) is 51.2 Å². The first-order chi connectivity index (χ1) is 6.65. The van der Waals surface area contributed by atoms with Crippen LogP contribution in [0.1, 0.15) is 13.3 Å². The molecular weight excluding hydrogens is 352 g/mol. The minimum Gasteiger partial charge on any atom is -0.241 e. The van der Waals surface area contributed by atoms with Gasteiger partial charge in [-0.25, -0.2) is 12.5 Å². The summed E-state index contributed by atoms with van der Waals surface area (Å²) in [6.45, 7) is 5.92. The second-order valence-electron chi connectivity index (χ2n) is 2.45. The number of rotatable bonds is 0. The summed E-state index contributed by atoms with van der Waals surface area (Å²) in [5, 5.41) is 0. The Hall–Kier alpha value is -1.22. The van der Waals surface area contributed by atoms with E-state index < -0.39 is 15.9 Å². The van der Waals surface area contributed by atoms with Crippen molar-refractivity contribution in [1.29, 1.82) is 0 Å². The Morgan fingerprint density at radius 1 is 1.29 bits per heavy atom. The average Bonchev–Trinajstić information content (AvgIpc) is 2.55. The van der Waals surface area contributed by atoms with Crippen LogP contribution in [0.2, 0.25) is 0 Å². The largest absolute Gasteiger partial charge is 0.241 e. The summed E-state index contributed by atoms with van der Waals surface area (Å²) in [6, 6.07) is 0. The zero-order valence-electron chi connectivity index (χ0n) is 7.70. The molecule has 0 atom stereocenters. The molecule has 0 fully saturated rings. The van der Waals surface area contributed by atoms with Crippen LogP contribution in [0.3, 0.4) is 0 Å². The van der Waals surface area contributed by atoms with Crippen molar-refractivity contribution in [3.8, 4) is 0 Å². The van der Waals surface area contributed by atoms with Crippen LogP contribution in [0.5, 0.6) is 0 Å². The van der Waals surface area contributed by atoms with E-state index in [2.05, 4.69) is 26.0 Å².